The number of benzene rings is 2. The van der Waals surface area contributed by atoms with Gasteiger partial charge in [-0.05, 0) is 93.5 Å². The van der Waals surface area contributed by atoms with Gasteiger partial charge in [0.1, 0.15) is 11.5 Å². The third-order valence-corrected chi connectivity index (χ3v) is 6.74. The van der Waals surface area contributed by atoms with Gasteiger partial charge in [-0.1, -0.05) is 17.7 Å². The van der Waals surface area contributed by atoms with Crippen molar-refractivity contribution in [2.75, 3.05) is 19.8 Å². The number of ether oxygens (including phenoxy) is 3. The number of fused-ring (bicyclic) bond motifs is 1. The second-order valence-corrected chi connectivity index (χ2v) is 9.35. The Balaban J connectivity index is 1.45. The molecule has 0 saturated carbocycles. The van der Waals surface area contributed by atoms with Crippen molar-refractivity contribution in [1.29, 1.82) is 0 Å². The second-order valence-electron chi connectivity index (χ2n) is 8.91. The van der Waals surface area contributed by atoms with Crippen molar-refractivity contribution in [2.45, 2.75) is 65.4 Å². The molecular weight excluding hydrogens is 478 g/mol. The van der Waals surface area contributed by atoms with Crippen LogP contribution in [0.25, 0.3) is 11.5 Å². The van der Waals surface area contributed by atoms with Crippen molar-refractivity contribution in [3.05, 3.63) is 69.6 Å². The van der Waals surface area contributed by atoms with Crippen LogP contribution in [0, 0.1) is 6.92 Å². The largest absolute Gasteiger partial charge is 0.493 e. The van der Waals surface area contributed by atoms with Crippen LogP contribution in [0.3, 0.4) is 0 Å². The Bertz CT molecular complexity index is 1170. The Labute approximate surface area is 217 Å². The Morgan fingerprint density at radius 3 is 2.53 bits per heavy atom. The highest BCUT2D eigenvalue weighted by Crippen LogP contribution is 2.33. The summed E-state index contributed by atoms with van der Waals surface area (Å²) in [7, 11) is 0. The molecule has 1 heterocycles. The van der Waals surface area contributed by atoms with Crippen molar-refractivity contribution in [3.63, 3.8) is 0 Å². The summed E-state index contributed by atoms with van der Waals surface area (Å²) in [5.74, 6) is 2.00. The minimum atomic E-state index is -0.585. The van der Waals surface area contributed by atoms with Gasteiger partial charge in [-0.25, -0.2) is 9.78 Å². The van der Waals surface area contributed by atoms with Crippen molar-refractivity contribution >= 4 is 17.6 Å². The second kappa shape index (κ2) is 12.4. The average Bonchev–Trinajstić information content (AvgIpc) is 3.25. The molecule has 0 amide bonds. The molecule has 36 heavy (non-hydrogen) atoms. The summed E-state index contributed by atoms with van der Waals surface area (Å²) >= 11 is 5.99. The molecule has 2 aromatic carbocycles. The van der Waals surface area contributed by atoms with E-state index < -0.39 is 6.10 Å². The third-order valence-electron chi connectivity index (χ3n) is 6.49. The highest BCUT2D eigenvalue weighted by molar-refractivity contribution is 6.30. The fourth-order valence-corrected chi connectivity index (χ4v) is 4.84. The average molecular weight is 512 g/mol. The summed E-state index contributed by atoms with van der Waals surface area (Å²) < 4.78 is 23.1. The van der Waals surface area contributed by atoms with Crippen LogP contribution in [0.5, 0.6) is 5.75 Å². The number of halogens is 1. The summed E-state index contributed by atoms with van der Waals surface area (Å²) in [6, 6.07) is 11.6. The summed E-state index contributed by atoms with van der Waals surface area (Å²) in [5, 5.41) is 0.680. The summed E-state index contributed by atoms with van der Waals surface area (Å²) in [5.41, 5.74) is 5.46. The van der Waals surface area contributed by atoms with Crippen molar-refractivity contribution in [2.24, 2.45) is 0 Å². The molecule has 1 aliphatic rings. The van der Waals surface area contributed by atoms with E-state index >= 15 is 0 Å². The molecule has 0 bridgehead atoms. The lowest BCUT2D eigenvalue weighted by Crippen LogP contribution is -2.29. The van der Waals surface area contributed by atoms with Crippen LogP contribution in [0.4, 0.5) is 0 Å². The van der Waals surface area contributed by atoms with Crippen molar-refractivity contribution in [3.8, 4) is 17.2 Å². The van der Waals surface area contributed by atoms with Crippen LogP contribution in [-0.2, 0) is 40.0 Å². The number of rotatable bonds is 11. The molecular formula is C29H34ClNO5. The molecule has 0 spiro atoms. The summed E-state index contributed by atoms with van der Waals surface area (Å²) in [6.07, 6.45) is 4.80. The fraction of sp³-hybridized carbons (Fsp3) is 0.448. The van der Waals surface area contributed by atoms with Gasteiger partial charge in [0.15, 0.2) is 6.10 Å². The van der Waals surface area contributed by atoms with Crippen LogP contribution >= 0.6 is 11.6 Å². The first-order chi connectivity index (χ1) is 17.5. The molecule has 1 atom stereocenters. The molecule has 0 N–H and O–H groups in total. The lowest BCUT2D eigenvalue weighted by molar-refractivity contribution is -0.156. The first kappa shape index (κ1) is 26.2. The highest BCUT2D eigenvalue weighted by atomic mass is 35.5. The van der Waals surface area contributed by atoms with Crippen molar-refractivity contribution < 1.29 is 23.4 Å². The lowest BCUT2D eigenvalue weighted by atomic mass is 9.86. The Hall–Kier alpha value is -2.83. The number of carbonyl (C=O) groups excluding carboxylic acids is 1. The maximum atomic E-state index is 12.4. The van der Waals surface area contributed by atoms with E-state index in [1.165, 1.54) is 11.1 Å². The van der Waals surface area contributed by atoms with Crippen LogP contribution in [0.1, 0.15) is 54.8 Å². The number of esters is 1. The van der Waals surface area contributed by atoms with Gasteiger partial charge in [0, 0.05) is 30.0 Å². The topological polar surface area (TPSA) is 70.8 Å². The minimum Gasteiger partial charge on any atom is -0.493 e. The number of aryl methyl sites for hydroxylation is 1. The summed E-state index contributed by atoms with van der Waals surface area (Å²) in [4.78, 5) is 17.1. The van der Waals surface area contributed by atoms with Crippen molar-refractivity contribution in [1.82, 2.24) is 4.98 Å². The molecule has 0 fully saturated rings. The van der Waals surface area contributed by atoms with E-state index in [4.69, 9.17) is 30.2 Å². The van der Waals surface area contributed by atoms with E-state index in [-0.39, 0.29) is 5.97 Å². The van der Waals surface area contributed by atoms with Gasteiger partial charge in [-0.15, -0.1) is 0 Å². The number of carbonyl (C=O) groups is 1. The number of hydrogen-bond acceptors (Lipinski definition) is 6. The molecule has 1 unspecified atom stereocenters. The number of hydrogen-bond donors (Lipinski definition) is 0. The number of oxazole rings is 1. The van der Waals surface area contributed by atoms with Gasteiger partial charge < -0.3 is 18.6 Å². The molecule has 192 valence electrons. The molecule has 6 nitrogen and oxygen atoms in total. The van der Waals surface area contributed by atoms with Crippen LogP contribution < -0.4 is 4.74 Å². The van der Waals surface area contributed by atoms with Crippen LogP contribution in [-0.4, -0.2) is 36.9 Å². The van der Waals surface area contributed by atoms with Gasteiger partial charge in [0.25, 0.3) is 0 Å². The normalized spacial score (nSPS) is 13.8. The predicted molar refractivity (Wildman–Crippen MR) is 140 cm³/mol. The maximum Gasteiger partial charge on any atom is 0.335 e. The highest BCUT2D eigenvalue weighted by Gasteiger charge is 2.25. The SMILES string of the molecule is CCOC(=O)C(Cc1ccc(OCCc2nc(-c3ccc(Cl)cc3)oc2C)c2c1CCCC2)OCC. The first-order valence-corrected chi connectivity index (χ1v) is 13.1. The Morgan fingerprint density at radius 2 is 1.81 bits per heavy atom. The van der Waals surface area contributed by atoms with Gasteiger partial charge in [-0.3, -0.25) is 0 Å². The zero-order valence-electron chi connectivity index (χ0n) is 21.3. The van der Waals surface area contributed by atoms with E-state index in [2.05, 4.69) is 11.1 Å². The number of aromatic nitrogens is 1. The Morgan fingerprint density at radius 1 is 1.06 bits per heavy atom. The van der Waals surface area contributed by atoms with E-state index in [1.54, 1.807) is 0 Å². The smallest absolute Gasteiger partial charge is 0.335 e. The lowest BCUT2D eigenvalue weighted by Gasteiger charge is -2.24. The van der Waals surface area contributed by atoms with Crippen LogP contribution in [0.2, 0.25) is 5.02 Å². The quantitative estimate of drug-likeness (QED) is 0.281. The van der Waals surface area contributed by atoms with Gasteiger partial charge in [0.2, 0.25) is 5.89 Å². The molecule has 0 aliphatic heterocycles. The summed E-state index contributed by atoms with van der Waals surface area (Å²) in [6.45, 7) is 6.95. The molecule has 1 aliphatic carbocycles. The maximum absolute atomic E-state index is 12.4. The van der Waals surface area contributed by atoms with E-state index in [0.29, 0.717) is 43.6 Å². The molecule has 0 radical (unpaired) electrons. The predicted octanol–water partition coefficient (Wildman–Crippen LogP) is 6.31. The van der Waals surface area contributed by atoms with E-state index in [1.807, 2.05) is 51.1 Å². The monoisotopic (exact) mass is 511 g/mol. The van der Waals surface area contributed by atoms with Crippen LogP contribution in [0.15, 0.2) is 40.8 Å². The molecule has 1 aromatic heterocycles. The van der Waals surface area contributed by atoms with E-state index in [9.17, 15) is 4.79 Å². The third kappa shape index (κ3) is 6.29. The zero-order chi connectivity index (χ0) is 25.5. The van der Waals surface area contributed by atoms with Gasteiger partial charge in [-0.2, -0.15) is 0 Å². The Kier molecular flexibility index (Phi) is 9.05. The van der Waals surface area contributed by atoms with Gasteiger partial charge >= 0.3 is 5.97 Å². The fourth-order valence-electron chi connectivity index (χ4n) is 4.72. The molecule has 3 aromatic rings. The molecule has 0 saturated heterocycles. The molecule has 7 heteroatoms. The zero-order valence-corrected chi connectivity index (χ0v) is 22.0. The number of nitrogens with zero attached hydrogens (tertiary/aromatic N) is 1. The van der Waals surface area contributed by atoms with Gasteiger partial charge in [0.05, 0.1) is 18.9 Å². The van der Waals surface area contributed by atoms with E-state index in [0.717, 1.165) is 54.0 Å². The minimum absolute atomic E-state index is 0.301. The first-order valence-electron chi connectivity index (χ1n) is 12.8. The standard InChI is InChI=1S/C29H34ClNO5/c1-4-33-27(29(32)34-5-2)18-21-12-15-26(24-9-7-6-8-23(21)24)35-17-16-25-19(3)36-28(31-25)20-10-13-22(30)14-11-20/h10-15,27H,4-9,16-18H2,1-3H3. The molecule has 4 rings (SSSR count).